The van der Waals surface area contributed by atoms with Crippen molar-refractivity contribution in [3.63, 3.8) is 0 Å². The second-order valence-corrected chi connectivity index (χ2v) is 8.04. The fourth-order valence-electron chi connectivity index (χ4n) is 0.300. The third-order valence-corrected chi connectivity index (χ3v) is 1.42. The van der Waals surface area contributed by atoms with Gasteiger partial charge in [-0.1, -0.05) is 19.8 Å². The summed E-state index contributed by atoms with van der Waals surface area (Å²) >= 11 is 0. The molecule has 0 amide bonds. The Morgan fingerprint density at radius 1 is 1.20 bits per heavy atom. The lowest BCUT2D eigenvalue weighted by Gasteiger charge is -2.11. The highest BCUT2D eigenvalue weighted by Gasteiger charge is 2.13. The van der Waals surface area contributed by atoms with Gasteiger partial charge < -0.3 is 4.43 Å². The lowest BCUT2D eigenvalue weighted by molar-refractivity contribution is 0.517. The van der Waals surface area contributed by atoms with Crippen LogP contribution in [0.2, 0.25) is 19.6 Å². The average molecular weight is 156 g/mol. The van der Waals surface area contributed by atoms with Crippen LogP contribution in [-0.2, 0) is 4.43 Å². The van der Waals surface area contributed by atoms with E-state index in [1.54, 1.807) is 0 Å². The van der Waals surface area contributed by atoms with E-state index in [0.717, 1.165) is 0 Å². The monoisotopic (exact) mass is 156 g/mol. The lowest BCUT2D eigenvalue weighted by Crippen LogP contribution is -2.22. The molecule has 2 heteroatoms. The van der Waals surface area contributed by atoms with E-state index in [2.05, 4.69) is 45.5 Å². The van der Waals surface area contributed by atoms with Crippen LogP contribution in [0.1, 0.15) is 13.8 Å². The first-order chi connectivity index (χ1) is 4.42. The molecule has 0 aromatic rings. The van der Waals surface area contributed by atoms with Gasteiger partial charge in [-0.2, -0.15) is 0 Å². The van der Waals surface area contributed by atoms with Crippen LogP contribution < -0.4 is 0 Å². The predicted molar refractivity (Wildman–Crippen MR) is 47.0 cm³/mol. The van der Waals surface area contributed by atoms with Gasteiger partial charge in [-0.05, 0) is 19.6 Å². The number of rotatable bonds is 1. The lowest BCUT2D eigenvalue weighted by atomic mass is 10.2. The van der Waals surface area contributed by atoms with E-state index in [4.69, 9.17) is 4.43 Å². The molecular formula is C8H16OSi. The fraction of sp³-hybridized carbons (Fsp3) is 0.750. The Labute approximate surface area is 64.9 Å². The molecule has 0 aliphatic heterocycles. The molecule has 0 aromatic carbocycles. The van der Waals surface area contributed by atoms with Crippen LogP contribution in [0, 0.1) is 17.9 Å². The molecule has 0 fully saturated rings. The minimum absolute atomic E-state index is 0.413. The van der Waals surface area contributed by atoms with Gasteiger partial charge in [0.2, 0.25) is 0 Å². The summed E-state index contributed by atoms with van der Waals surface area (Å²) in [5.74, 6) is 3.38. The summed E-state index contributed by atoms with van der Waals surface area (Å²) in [6.45, 7) is 10.5. The van der Waals surface area contributed by atoms with Crippen molar-refractivity contribution < 1.29 is 4.43 Å². The molecule has 1 nitrogen and oxygen atoms in total. The van der Waals surface area contributed by atoms with Gasteiger partial charge in [0.1, 0.15) is 0 Å². The zero-order valence-corrected chi connectivity index (χ0v) is 8.49. The zero-order chi connectivity index (χ0) is 8.20. The molecule has 0 rings (SSSR count). The molecule has 0 aromatic heterocycles. The van der Waals surface area contributed by atoms with E-state index in [-0.39, 0.29) is 0 Å². The Bertz CT molecular complexity index is 145. The maximum atomic E-state index is 5.32. The third-order valence-electron chi connectivity index (χ3n) is 0.705. The normalized spacial score (nSPS) is 10.6. The molecule has 0 radical (unpaired) electrons. The molecule has 0 aliphatic carbocycles. The molecule has 0 heterocycles. The van der Waals surface area contributed by atoms with E-state index in [1.807, 2.05) is 0 Å². The molecule has 58 valence electrons. The molecule has 0 N–H and O–H groups in total. The molecule has 10 heavy (non-hydrogen) atoms. The van der Waals surface area contributed by atoms with Gasteiger partial charge in [0.15, 0.2) is 0 Å². The summed E-state index contributed by atoms with van der Waals surface area (Å²) in [7, 11) is -1.40. The van der Waals surface area contributed by atoms with Gasteiger partial charge in [0.05, 0.1) is 6.11 Å². The largest absolute Gasteiger partial charge is 0.501 e. The van der Waals surface area contributed by atoms with Crippen molar-refractivity contribution in [3.05, 3.63) is 0 Å². The Balaban J connectivity index is 3.67. The molecule has 0 spiro atoms. The summed E-state index contributed by atoms with van der Waals surface area (Å²) in [5.41, 5.74) is 0. The van der Waals surface area contributed by atoms with Crippen molar-refractivity contribution in [2.24, 2.45) is 5.92 Å². The molecule has 0 atom stereocenters. The Kier molecular flexibility index (Phi) is 3.52. The van der Waals surface area contributed by atoms with E-state index < -0.39 is 8.32 Å². The van der Waals surface area contributed by atoms with Gasteiger partial charge in [-0.3, -0.25) is 0 Å². The van der Waals surface area contributed by atoms with Gasteiger partial charge in [-0.15, -0.1) is 0 Å². The van der Waals surface area contributed by atoms with Gasteiger partial charge in [0.25, 0.3) is 8.32 Å². The third kappa shape index (κ3) is 7.58. The molecule has 0 saturated heterocycles. The summed E-state index contributed by atoms with van der Waals surface area (Å²) in [6.07, 6.45) is 2.74. The Morgan fingerprint density at radius 2 is 1.70 bits per heavy atom. The highest BCUT2D eigenvalue weighted by molar-refractivity contribution is 6.70. The van der Waals surface area contributed by atoms with Crippen molar-refractivity contribution in [1.29, 1.82) is 0 Å². The molecular weight excluding hydrogens is 140 g/mol. The van der Waals surface area contributed by atoms with Crippen molar-refractivity contribution >= 4 is 8.32 Å². The van der Waals surface area contributed by atoms with Gasteiger partial charge in [-0.25, -0.2) is 0 Å². The molecule has 0 saturated carbocycles. The van der Waals surface area contributed by atoms with Gasteiger partial charge >= 0.3 is 0 Å². The predicted octanol–water partition coefficient (Wildman–Crippen LogP) is 2.45. The summed E-state index contributed by atoms with van der Waals surface area (Å²) < 4.78 is 5.32. The van der Waals surface area contributed by atoms with Crippen LogP contribution >= 0.6 is 0 Å². The first-order valence-corrected chi connectivity index (χ1v) is 7.01. The van der Waals surface area contributed by atoms with Crippen molar-refractivity contribution in [1.82, 2.24) is 0 Å². The number of hydrogen-bond acceptors (Lipinski definition) is 1. The summed E-state index contributed by atoms with van der Waals surface area (Å²) in [5, 5.41) is 0. The average Bonchev–Trinajstić information content (AvgIpc) is 1.59. The van der Waals surface area contributed by atoms with Crippen molar-refractivity contribution in [2.75, 3.05) is 0 Å². The summed E-state index contributed by atoms with van der Waals surface area (Å²) in [6, 6.07) is 0. The fourth-order valence-corrected chi connectivity index (χ4v) is 0.666. The SMILES string of the molecule is CC(C)C#CO[Si](C)(C)C. The van der Waals surface area contributed by atoms with Crippen molar-refractivity contribution in [3.8, 4) is 12.0 Å². The molecule has 0 bridgehead atoms. The van der Waals surface area contributed by atoms with Crippen LogP contribution in [-0.4, -0.2) is 8.32 Å². The van der Waals surface area contributed by atoms with Crippen LogP contribution in [0.3, 0.4) is 0 Å². The zero-order valence-electron chi connectivity index (χ0n) is 7.49. The number of hydrogen-bond donors (Lipinski definition) is 0. The minimum Gasteiger partial charge on any atom is -0.501 e. The van der Waals surface area contributed by atoms with Crippen LogP contribution in [0.25, 0.3) is 0 Å². The minimum atomic E-state index is -1.40. The quantitative estimate of drug-likeness (QED) is 0.418. The topological polar surface area (TPSA) is 9.23 Å². The second kappa shape index (κ2) is 3.67. The first kappa shape index (κ1) is 9.58. The highest BCUT2D eigenvalue weighted by Crippen LogP contribution is 2.00. The van der Waals surface area contributed by atoms with Crippen LogP contribution in [0.5, 0.6) is 0 Å². The van der Waals surface area contributed by atoms with Gasteiger partial charge in [0, 0.05) is 5.92 Å². The smallest absolute Gasteiger partial charge is 0.255 e. The van der Waals surface area contributed by atoms with E-state index >= 15 is 0 Å². The van der Waals surface area contributed by atoms with Crippen LogP contribution in [0.4, 0.5) is 0 Å². The van der Waals surface area contributed by atoms with Crippen molar-refractivity contribution in [2.45, 2.75) is 33.5 Å². The highest BCUT2D eigenvalue weighted by atomic mass is 28.4. The Hall–Kier alpha value is -0.423. The molecule has 0 unspecified atom stereocenters. The maximum absolute atomic E-state index is 5.32. The van der Waals surface area contributed by atoms with E-state index in [9.17, 15) is 0 Å². The first-order valence-electron chi connectivity index (χ1n) is 3.60. The molecule has 0 aliphatic rings. The van der Waals surface area contributed by atoms with E-state index in [1.165, 1.54) is 0 Å². The maximum Gasteiger partial charge on any atom is 0.255 e. The Morgan fingerprint density at radius 3 is 2.00 bits per heavy atom. The summed E-state index contributed by atoms with van der Waals surface area (Å²) in [4.78, 5) is 0. The van der Waals surface area contributed by atoms with Crippen LogP contribution in [0.15, 0.2) is 0 Å². The van der Waals surface area contributed by atoms with E-state index in [0.29, 0.717) is 5.92 Å². The second-order valence-electron chi connectivity index (χ2n) is 3.62. The standard InChI is InChI=1S/C8H16OSi/c1-8(2)6-7-9-10(3,4)5/h8H,1-5H3.